The molecule has 0 N–H and O–H groups in total. The molecule has 12 rings (SSSR count). The van der Waals surface area contributed by atoms with Crippen molar-refractivity contribution in [2.24, 2.45) is 0 Å². The minimum atomic E-state index is -0.492. The van der Waals surface area contributed by atoms with Crippen LogP contribution in [0.5, 0.6) is 0 Å². The Balaban J connectivity index is 1.04. The Morgan fingerprint density at radius 3 is 1.68 bits per heavy atom. The first kappa shape index (κ1) is 36.1. The summed E-state index contributed by atoms with van der Waals surface area (Å²) in [6.45, 7) is 6.25. The molecule has 4 heteroatoms. The fourth-order valence-corrected chi connectivity index (χ4v) is 10.6. The first-order valence-corrected chi connectivity index (χ1v) is 21.3. The second kappa shape index (κ2) is 13.9. The van der Waals surface area contributed by atoms with Crippen molar-refractivity contribution < 1.29 is 0 Å². The zero-order valence-corrected chi connectivity index (χ0v) is 34.7. The lowest BCUT2D eigenvalue weighted by atomic mass is 9.70. The number of hydrogen-bond acceptors (Lipinski definition) is 4. The highest BCUT2D eigenvalue weighted by Crippen LogP contribution is 2.64. The Morgan fingerprint density at radius 2 is 0.903 bits per heavy atom. The second-order valence-corrected chi connectivity index (χ2v) is 16.7. The van der Waals surface area contributed by atoms with Gasteiger partial charge in [-0.25, -0.2) is 15.0 Å². The molecular weight excluding hydrogens is 753 g/mol. The number of aryl methyl sites for hydroxylation is 3. The van der Waals surface area contributed by atoms with Crippen molar-refractivity contribution in [3.8, 4) is 78.4 Å². The van der Waals surface area contributed by atoms with Crippen molar-refractivity contribution in [1.29, 1.82) is 0 Å². The summed E-state index contributed by atoms with van der Waals surface area (Å²) in [5, 5.41) is 2.46. The molecule has 1 spiro atoms. The highest BCUT2D eigenvalue weighted by atomic mass is 15.0. The van der Waals surface area contributed by atoms with Gasteiger partial charge in [0.1, 0.15) is 5.82 Å². The molecule has 2 aliphatic carbocycles. The Kier molecular flexibility index (Phi) is 8.07. The van der Waals surface area contributed by atoms with Gasteiger partial charge in [-0.3, -0.25) is 4.98 Å². The zero-order valence-electron chi connectivity index (χ0n) is 34.7. The van der Waals surface area contributed by atoms with Gasteiger partial charge in [-0.1, -0.05) is 164 Å². The average molecular weight is 793 g/mol. The fraction of sp³-hybridized carbons (Fsp3) is 0.0690. The number of pyridine rings is 1. The van der Waals surface area contributed by atoms with E-state index in [-0.39, 0.29) is 0 Å². The van der Waals surface area contributed by atoms with Gasteiger partial charge in [0, 0.05) is 23.5 Å². The first-order valence-electron chi connectivity index (χ1n) is 21.3. The molecule has 0 atom stereocenters. The van der Waals surface area contributed by atoms with E-state index in [0.29, 0.717) is 17.5 Å². The number of aromatic nitrogens is 4. The Bertz CT molecular complexity index is 3380. The van der Waals surface area contributed by atoms with Gasteiger partial charge in [0.15, 0.2) is 11.6 Å². The molecule has 0 fully saturated rings. The summed E-state index contributed by atoms with van der Waals surface area (Å²) in [7, 11) is 0. The van der Waals surface area contributed by atoms with Crippen molar-refractivity contribution >= 4 is 10.8 Å². The minimum Gasteiger partial charge on any atom is -0.264 e. The van der Waals surface area contributed by atoms with Crippen LogP contribution >= 0.6 is 0 Å². The van der Waals surface area contributed by atoms with Crippen LogP contribution in [0.2, 0.25) is 0 Å². The second-order valence-electron chi connectivity index (χ2n) is 16.7. The van der Waals surface area contributed by atoms with Crippen LogP contribution in [0.3, 0.4) is 0 Å². The van der Waals surface area contributed by atoms with E-state index in [1.54, 1.807) is 0 Å². The van der Waals surface area contributed by atoms with Crippen LogP contribution in [0.4, 0.5) is 0 Å². The molecule has 8 aromatic carbocycles. The molecule has 0 radical (unpaired) electrons. The lowest BCUT2D eigenvalue weighted by molar-refractivity contribution is 0.794. The van der Waals surface area contributed by atoms with Crippen LogP contribution in [0.15, 0.2) is 188 Å². The highest BCUT2D eigenvalue weighted by molar-refractivity contribution is 6.01. The van der Waals surface area contributed by atoms with E-state index in [1.165, 1.54) is 94.2 Å². The molecule has 2 aromatic heterocycles. The van der Waals surface area contributed by atoms with Crippen LogP contribution in [0.1, 0.15) is 39.2 Å². The number of nitrogens with zero attached hydrogens (tertiary/aromatic N) is 4. The SMILES string of the molecule is Cc1nc(-c2ccc(-c3cccc4ccccc34)cc2)nc(-c2ccc3c(c2)-c2c(-c4cccc(-c5c(C)cncc5C)c4)cccc2C32c3ccccc3-c3ccccc32)n1. The smallest absolute Gasteiger partial charge is 0.163 e. The zero-order chi connectivity index (χ0) is 41.5. The van der Waals surface area contributed by atoms with Crippen molar-refractivity contribution in [2.45, 2.75) is 26.2 Å². The monoisotopic (exact) mass is 792 g/mol. The van der Waals surface area contributed by atoms with E-state index in [9.17, 15) is 0 Å². The van der Waals surface area contributed by atoms with Crippen LogP contribution in [-0.2, 0) is 5.41 Å². The predicted molar refractivity (Wildman–Crippen MR) is 253 cm³/mol. The minimum absolute atomic E-state index is 0.492. The van der Waals surface area contributed by atoms with Gasteiger partial charge in [0.2, 0.25) is 0 Å². The van der Waals surface area contributed by atoms with E-state index < -0.39 is 5.41 Å². The van der Waals surface area contributed by atoms with Crippen molar-refractivity contribution in [3.05, 3.63) is 228 Å². The average Bonchev–Trinajstić information content (AvgIpc) is 3.78. The number of hydrogen-bond donors (Lipinski definition) is 0. The largest absolute Gasteiger partial charge is 0.264 e. The molecule has 0 bridgehead atoms. The molecule has 0 saturated heterocycles. The van der Waals surface area contributed by atoms with E-state index in [0.717, 1.165) is 16.7 Å². The quantitative estimate of drug-likeness (QED) is 0.174. The number of fused-ring (bicyclic) bond motifs is 11. The van der Waals surface area contributed by atoms with Crippen LogP contribution in [-0.4, -0.2) is 19.9 Å². The van der Waals surface area contributed by atoms with Crippen molar-refractivity contribution in [1.82, 2.24) is 19.9 Å². The standard InChI is InChI=1S/C58H40N4/c1-35-33-59-34-36(2)54(35)42-16-10-15-41(31-42)46-21-12-24-53-55(46)49-32-43(29-30-52(49)58(53)50-22-8-6-18-47(50)48-19-7-9-23-51(48)58)57-61-37(3)60-56(62-57)40-27-25-39(26-28-40)45-20-11-14-38-13-4-5-17-44(38)45/h4-34H,1-3H3. The maximum atomic E-state index is 5.18. The van der Waals surface area contributed by atoms with E-state index in [1.807, 2.05) is 19.3 Å². The third-order valence-electron chi connectivity index (χ3n) is 13.2. The van der Waals surface area contributed by atoms with Gasteiger partial charge in [-0.2, -0.15) is 0 Å². The number of rotatable bonds is 5. The number of benzene rings is 8. The summed E-state index contributed by atoms with van der Waals surface area (Å²) >= 11 is 0. The van der Waals surface area contributed by atoms with Crippen LogP contribution < -0.4 is 0 Å². The molecular formula is C58H40N4. The van der Waals surface area contributed by atoms with Gasteiger partial charge in [0.25, 0.3) is 0 Å². The Hall–Kier alpha value is -7.82. The molecule has 292 valence electrons. The molecule has 10 aromatic rings. The normalized spacial score (nSPS) is 12.9. The molecule has 0 amide bonds. The molecule has 2 heterocycles. The Labute approximate surface area is 361 Å². The van der Waals surface area contributed by atoms with Gasteiger partial charge < -0.3 is 0 Å². The summed E-state index contributed by atoms with van der Waals surface area (Å²) in [5.41, 5.74) is 21.1. The lowest BCUT2D eigenvalue weighted by Crippen LogP contribution is -2.25. The van der Waals surface area contributed by atoms with E-state index in [4.69, 9.17) is 15.0 Å². The highest BCUT2D eigenvalue weighted by Gasteiger charge is 2.52. The molecule has 0 aliphatic heterocycles. The molecule has 0 saturated carbocycles. The maximum Gasteiger partial charge on any atom is 0.163 e. The summed E-state index contributed by atoms with van der Waals surface area (Å²) in [5.74, 6) is 2.00. The van der Waals surface area contributed by atoms with Crippen LogP contribution in [0.25, 0.3) is 89.2 Å². The maximum absolute atomic E-state index is 5.18. The fourth-order valence-electron chi connectivity index (χ4n) is 10.6. The Morgan fingerprint density at radius 1 is 0.355 bits per heavy atom. The summed E-state index contributed by atoms with van der Waals surface area (Å²) < 4.78 is 0. The topological polar surface area (TPSA) is 51.6 Å². The van der Waals surface area contributed by atoms with Gasteiger partial charge in [-0.15, -0.1) is 0 Å². The van der Waals surface area contributed by atoms with Gasteiger partial charge >= 0.3 is 0 Å². The summed E-state index contributed by atoms with van der Waals surface area (Å²) in [6.07, 6.45) is 3.92. The van der Waals surface area contributed by atoms with Crippen LogP contribution in [0, 0.1) is 20.8 Å². The van der Waals surface area contributed by atoms with E-state index in [2.05, 4.69) is 195 Å². The van der Waals surface area contributed by atoms with Crippen molar-refractivity contribution in [3.63, 3.8) is 0 Å². The third-order valence-corrected chi connectivity index (χ3v) is 13.2. The van der Waals surface area contributed by atoms with E-state index >= 15 is 0 Å². The summed E-state index contributed by atoms with van der Waals surface area (Å²) in [4.78, 5) is 19.5. The predicted octanol–water partition coefficient (Wildman–Crippen LogP) is 14.0. The van der Waals surface area contributed by atoms with Crippen molar-refractivity contribution in [2.75, 3.05) is 0 Å². The summed E-state index contributed by atoms with van der Waals surface area (Å²) in [6, 6.07) is 64.3. The first-order chi connectivity index (χ1) is 30.5. The lowest BCUT2D eigenvalue weighted by Gasteiger charge is -2.30. The molecule has 2 aliphatic rings. The van der Waals surface area contributed by atoms with Gasteiger partial charge in [-0.05, 0) is 133 Å². The molecule has 62 heavy (non-hydrogen) atoms. The molecule has 4 nitrogen and oxygen atoms in total. The van der Waals surface area contributed by atoms with Gasteiger partial charge in [0.05, 0.1) is 5.41 Å². The third kappa shape index (κ3) is 5.33. The molecule has 0 unspecified atom stereocenters.